The van der Waals surface area contributed by atoms with Crippen LogP contribution in [0.15, 0.2) is 18.2 Å². The first-order valence-electron chi connectivity index (χ1n) is 7.89. The van der Waals surface area contributed by atoms with Crippen molar-refractivity contribution in [2.75, 3.05) is 33.4 Å². The summed E-state index contributed by atoms with van der Waals surface area (Å²) in [5, 5.41) is 7.39. The van der Waals surface area contributed by atoms with E-state index in [1.54, 1.807) is 7.11 Å². The minimum Gasteiger partial charge on any atom is -0.497 e. The number of H-pyrrole nitrogens is 1. The number of carbonyl (C=O) groups is 1. The second-order valence-corrected chi connectivity index (χ2v) is 5.85. The second kappa shape index (κ2) is 5.70. The number of morpholine rings is 1. The van der Waals surface area contributed by atoms with E-state index in [1.165, 1.54) is 5.56 Å². The fourth-order valence-corrected chi connectivity index (χ4v) is 3.33. The number of hydrogen-bond acceptors (Lipinski definition) is 4. The van der Waals surface area contributed by atoms with E-state index in [0.29, 0.717) is 32.0 Å². The van der Waals surface area contributed by atoms with Gasteiger partial charge in [0.2, 0.25) is 0 Å². The van der Waals surface area contributed by atoms with Crippen LogP contribution in [-0.2, 0) is 17.6 Å². The molecule has 1 N–H and O–H groups in total. The van der Waals surface area contributed by atoms with Gasteiger partial charge in [0.1, 0.15) is 11.4 Å². The summed E-state index contributed by atoms with van der Waals surface area (Å²) in [4.78, 5) is 14.6. The highest BCUT2D eigenvalue weighted by molar-refractivity contribution is 5.96. The average molecular weight is 313 g/mol. The van der Waals surface area contributed by atoms with Crippen molar-refractivity contribution in [1.82, 2.24) is 15.1 Å². The van der Waals surface area contributed by atoms with Gasteiger partial charge in [0.05, 0.1) is 26.0 Å². The number of methoxy groups -OCH3 is 1. The summed E-state index contributed by atoms with van der Waals surface area (Å²) in [6, 6.07) is 6.01. The van der Waals surface area contributed by atoms with Crippen molar-refractivity contribution in [3.8, 4) is 17.0 Å². The zero-order chi connectivity index (χ0) is 15.8. The molecular weight excluding hydrogens is 294 g/mol. The molecule has 23 heavy (non-hydrogen) atoms. The summed E-state index contributed by atoms with van der Waals surface area (Å²) in [5.41, 5.74) is 4.85. The summed E-state index contributed by atoms with van der Waals surface area (Å²) < 4.78 is 10.6. The quantitative estimate of drug-likeness (QED) is 0.915. The lowest BCUT2D eigenvalue weighted by Crippen LogP contribution is -2.41. The molecule has 0 radical (unpaired) electrons. The van der Waals surface area contributed by atoms with Gasteiger partial charge in [-0.3, -0.25) is 9.89 Å². The fraction of sp³-hybridized carbons (Fsp3) is 0.412. The lowest BCUT2D eigenvalue weighted by molar-refractivity contribution is 0.0298. The molecule has 2 aliphatic rings. The third-order valence-corrected chi connectivity index (χ3v) is 4.59. The number of aromatic amines is 1. The van der Waals surface area contributed by atoms with Crippen LogP contribution in [0.2, 0.25) is 0 Å². The van der Waals surface area contributed by atoms with Crippen LogP contribution in [0.3, 0.4) is 0 Å². The molecule has 0 bridgehead atoms. The van der Waals surface area contributed by atoms with E-state index in [2.05, 4.69) is 16.3 Å². The number of hydrogen-bond donors (Lipinski definition) is 1. The van der Waals surface area contributed by atoms with Crippen molar-refractivity contribution in [2.24, 2.45) is 0 Å². The monoisotopic (exact) mass is 313 g/mol. The topological polar surface area (TPSA) is 67.5 Å². The van der Waals surface area contributed by atoms with Crippen LogP contribution in [0.1, 0.15) is 21.6 Å². The molecule has 0 saturated carbocycles. The first-order valence-corrected chi connectivity index (χ1v) is 7.89. The van der Waals surface area contributed by atoms with Gasteiger partial charge >= 0.3 is 0 Å². The number of nitrogens with one attached hydrogen (secondary N) is 1. The maximum absolute atomic E-state index is 12.7. The summed E-state index contributed by atoms with van der Waals surface area (Å²) >= 11 is 0. The van der Waals surface area contributed by atoms with Crippen LogP contribution in [-0.4, -0.2) is 54.4 Å². The Balaban J connectivity index is 1.69. The number of aromatic nitrogens is 2. The van der Waals surface area contributed by atoms with Crippen LogP contribution in [0, 0.1) is 0 Å². The van der Waals surface area contributed by atoms with Crippen LogP contribution in [0.4, 0.5) is 0 Å². The highest BCUT2D eigenvalue weighted by Gasteiger charge is 2.28. The van der Waals surface area contributed by atoms with Gasteiger partial charge in [-0.2, -0.15) is 5.10 Å². The third-order valence-electron chi connectivity index (χ3n) is 4.59. The number of benzene rings is 1. The maximum atomic E-state index is 12.7. The molecule has 1 amide bonds. The van der Waals surface area contributed by atoms with Gasteiger partial charge in [-0.1, -0.05) is 0 Å². The van der Waals surface area contributed by atoms with E-state index in [0.717, 1.165) is 35.4 Å². The molecule has 1 saturated heterocycles. The molecule has 0 unspecified atom stereocenters. The molecule has 0 atom stereocenters. The Kier molecular flexibility index (Phi) is 3.53. The fourth-order valence-electron chi connectivity index (χ4n) is 3.33. The van der Waals surface area contributed by atoms with Gasteiger partial charge in [0.25, 0.3) is 5.91 Å². The number of fused-ring (bicyclic) bond motifs is 3. The highest BCUT2D eigenvalue weighted by atomic mass is 16.5. The molecule has 1 fully saturated rings. The Labute approximate surface area is 134 Å². The smallest absolute Gasteiger partial charge is 0.272 e. The molecule has 2 heterocycles. The minimum atomic E-state index is 0.0269. The van der Waals surface area contributed by atoms with E-state index in [1.807, 2.05) is 17.0 Å². The van der Waals surface area contributed by atoms with E-state index < -0.39 is 0 Å². The molecule has 1 aromatic heterocycles. The third kappa shape index (κ3) is 2.39. The van der Waals surface area contributed by atoms with Gasteiger partial charge in [0, 0.05) is 24.2 Å². The number of nitrogens with zero attached hydrogens (tertiary/aromatic N) is 2. The Bertz CT molecular complexity index is 748. The molecule has 1 aliphatic heterocycles. The minimum absolute atomic E-state index is 0.0269. The molecule has 6 nitrogen and oxygen atoms in total. The van der Waals surface area contributed by atoms with Gasteiger partial charge in [-0.25, -0.2) is 0 Å². The maximum Gasteiger partial charge on any atom is 0.272 e. The molecule has 120 valence electrons. The standard InChI is InChI=1S/C17H19N3O3/c1-22-12-3-5-13-11(10-12)2-4-14-15(13)18-19-16(14)17(21)20-6-8-23-9-7-20/h3,5,10H,2,4,6-9H2,1H3,(H,18,19). The van der Waals surface area contributed by atoms with Gasteiger partial charge in [0.15, 0.2) is 0 Å². The molecule has 4 rings (SSSR count). The van der Waals surface area contributed by atoms with E-state index in [-0.39, 0.29) is 5.91 Å². The van der Waals surface area contributed by atoms with Crippen molar-refractivity contribution in [3.63, 3.8) is 0 Å². The average Bonchev–Trinajstić information content (AvgIpc) is 3.05. The van der Waals surface area contributed by atoms with Crippen molar-refractivity contribution in [1.29, 1.82) is 0 Å². The number of rotatable bonds is 2. The van der Waals surface area contributed by atoms with E-state index in [4.69, 9.17) is 9.47 Å². The second-order valence-electron chi connectivity index (χ2n) is 5.85. The lowest BCUT2D eigenvalue weighted by Gasteiger charge is -2.27. The number of carbonyl (C=O) groups excluding carboxylic acids is 1. The summed E-state index contributed by atoms with van der Waals surface area (Å²) in [7, 11) is 1.67. The predicted molar refractivity (Wildman–Crippen MR) is 84.7 cm³/mol. The molecule has 6 heteroatoms. The summed E-state index contributed by atoms with van der Waals surface area (Å²) in [5.74, 6) is 0.881. The predicted octanol–water partition coefficient (Wildman–Crippen LogP) is 1.66. The Hall–Kier alpha value is -2.34. The van der Waals surface area contributed by atoms with Crippen LogP contribution >= 0.6 is 0 Å². The highest BCUT2D eigenvalue weighted by Crippen LogP contribution is 2.35. The number of ether oxygens (including phenoxy) is 2. The van der Waals surface area contributed by atoms with Gasteiger partial charge < -0.3 is 14.4 Å². The molecule has 2 aromatic rings. The molecule has 1 aromatic carbocycles. The SMILES string of the molecule is COc1ccc2c(c1)CCc1c-2n[nH]c1C(=O)N1CCOCC1. The van der Waals surface area contributed by atoms with Crippen molar-refractivity contribution in [3.05, 3.63) is 35.0 Å². The Morgan fingerprint density at radius 1 is 1.30 bits per heavy atom. The Morgan fingerprint density at radius 3 is 2.91 bits per heavy atom. The van der Waals surface area contributed by atoms with Crippen LogP contribution in [0.25, 0.3) is 11.3 Å². The normalized spacial score (nSPS) is 16.7. The molecular formula is C17H19N3O3. The summed E-state index contributed by atoms with van der Waals surface area (Å²) in [6.45, 7) is 2.48. The Morgan fingerprint density at radius 2 is 2.13 bits per heavy atom. The zero-order valence-corrected chi connectivity index (χ0v) is 13.1. The van der Waals surface area contributed by atoms with Crippen molar-refractivity contribution in [2.45, 2.75) is 12.8 Å². The first-order chi connectivity index (χ1) is 11.3. The molecule has 0 spiro atoms. The first kappa shape index (κ1) is 14.3. The van der Waals surface area contributed by atoms with Crippen molar-refractivity contribution >= 4 is 5.91 Å². The zero-order valence-electron chi connectivity index (χ0n) is 13.1. The van der Waals surface area contributed by atoms with Crippen molar-refractivity contribution < 1.29 is 14.3 Å². The van der Waals surface area contributed by atoms with E-state index >= 15 is 0 Å². The van der Waals surface area contributed by atoms with Crippen LogP contribution < -0.4 is 4.74 Å². The van der Waals surface area contributed by atoms with Gasteiger partial charge in [-0.05, 0) is 36.6 Å². The number of amides is 1. The lowest BCUT2D eigenvalue weighted by atomic mass is 9.88. The largest absolute Gasteiger partial charge is 0.497 e. The van der Waals surface area contributed by atoms with E-state index in [9.17, 15) is 4.79 Å². The van der Waals surface area contributed by atoms with Gasteiger partial charge in [-0.15, -0.1) is 0 Å². The molecule has 1 aliphatic carbocycles. The summed E-state index contributed by atoms with van der Waals surface area (Å²) in [6.07, 6.45) is 1.71. The number of aryl methyl sites for hydroxylation is 1. The van der Waals surface area contributed by atoms with Crippen LogP contribution in [0.5, 0.6) is 5.75 Å².